The molecule has 0 N–H and O–H groups in total. The second-order valence-corrected chi connectivity index (χ2v) is 12.7. The number of ether oxygens (including phenoxy) is 2. The molecule has 0 aliphatic carbocycles. The van der Waals surface area contributed by atoms with E-state index in [0.29, 0.717) is 6.42 Å². The zero-order chi connectivity index (χ0) is 26.4. The lowest BCUT2D eigenvalue weighted by Crippen LogP contribution is -2.54. The van der Waals surface area contributed by atoms with Crippen molar-refractivity contribution >= 4 is 18.1 Å². The summed E-state index contributed by atoms with van der Waals surface area (Å²) in [4.78, 5) is 41.4. The van der Waals surface area contributed by atoms with E-state index in [0.717, 1.165) is 43.7 Å². The molecule has 7 nitrogen and oxygen atoms in total. The van der Waals surface area contributed by atoms with Crippen molar-refractivity contribution < 1.29 is 23.9 Å². The number of hydrogen-bond donors (Lipinski definition) is 0. The van der Waals surface area contributed by atoms with Crippen molar-refractivity contribution in [2.75, 3.05) is 13.1 Å². The average molecular weight is 481 g/mol. The van der Waals surface area contributed by atoms with Gasteiger partial charge in [0, 0.05) is 13.1 Å². The van der Waals surface area contributed by atoms with Crippen LogP contribution in [0.1, 0.15) is 108 Å². The van der Waals surface area contributed by atoms with Crippen molar-refractivity contribution in [2.24, 2.45) is 5.41 Å². The first-order chi connectivity index (χ1) is 15.3. The minimum Gasteiger partial charge on any atom is -0.443 e. The molecule has 0 unspecified atom stereocenters. The highest BCUT2D eigenvalue weighted by atomic mass is 16.6. The van der Waals surface area contributed by atoms with E-state index < -0.39 is 28.9 Å². The molecule has 0 radical (unpaired) electrons. The van der Waals surface area contributed by atoms with Crippen LogP contribution in [-0.2, 0) is 14.3 Å². The third-order valence-electron chi connectivity index (χ3n) is 5.71. The standard InChI is InChI=1S/C27H48N2O5/c1-24(2,3)33-22(31)29(23(32)34-25(4,5)6)27(9,10)17-14-16-26(7,8)18-15-21(30)28-19-12-11-13-20-28/h15,18H,11-14,16-17,19-20H2,1-10H3/b18-15+. The molecule has 0 aromatic rings. The highest BCUT2D eigenvalue weighted by Gasteiger charge is 2.41. The van der Waals surface area contributed by atoms with Gasteiger partial charge in [-0.25, -0.2) is 14.5 Å². The fraction of sp³-hybridized carbons (Fsp3) is 0.815. The lowest BCUT2D eigenvalue weighted by molar-refractivity contribution is -0.126. The van der Waals surface area contributed by atoms with Gasteiger partial charge in [0.15, 0.2) is 0 Å². The third kappa shape index (κ3) is 10.9. The van der Waals surface area contributed by atoms with Crippen LogP contribution >= 0.6 is 0 Å². The molecule has 1 aliphatic heterocycles. The summed E-state index contributed by atoms with van der Waals surface area (Å²) in [6.45, 7) is 20.2. The Balaban J connectivity index is 2.84. The maximum atomic E-state index is 13.0. The second kappa shape index (κ2) is 11.6. The Labute approximate surface area is 207 Å². The van der Waals surface area contributed by atoms with Gasteiger partial charge in [-0.2, -0.15) is 0 Å². The lowest BCUT2D eigenvalue weighted by atomic mass is 9.84. The van der Waals surface area contributed by atoms with E-state index in [1.807, 2.05) is 24.8 Å². The molecule has 0 bridgehead atoms. The predicted molar refractivity (Wildman–Crippen MR) is 136 cm³/mol. The molecule has 1 fully saturated rings. The van der Waals surface area contributed by atoms with Crippen LogP contribution in [0.15, 0.2) is 12.2 Å². The molecular weight excluding hydrogens is 432 g/mol. The van der Waals surface area contributed by atoms with E-state index in [2.05, 4.69) is 13.8 Å². The first-order valence-corrected chi connectivity index (χ1v) is 12.6. The number of hydrogen-bond acceptors (Lipinski definition) is 5. The monoisotopic (exact) mass is 480 g/mol. The molecule has 7 heteroatoms. The fourth-order valence-corrected chi connectivity index (χ4v) is 3.87. The summed E-state index contributed by atoms with van der Waals surface area (Å²) in [7, 11) is 0. The molecule has 0 atom stereocenters. The normalized spacial score (nSPS) is 15.9. The number of allylic oxidation sites excluding steroid dienone is 1. The number of imide groups is 1. The summed E-state index contributed by atoms with van der Waals surface area (Å²) in [5, 5.41) is 0. The third-order valence-corrected chi connectivity index (χ3v) is 5.71. The van der Waals surface area contributed by atoms with Gasteiger partial charge in [0.2, 0.25) is 5.91 Å². The average Bonchev–Trinajstić information content (AvgIpc) is 2.63. The van der Waals surface area contributed by atoms with Crippen LogP contribution in [0.3, 0.4) is 0 Å². The SMILES string of the molecule is CC(C)(/C=C/C(=O)N1CCCCC1)CCCC(C)(C)N(C(=O)OC(C)(C)C)C(=O)OC(C)(C)C. The molecule has 1 saturated heterocycles. The zero-order valence-corrected chi connectivity index (χ0v) is 23.2. The van der Waals surface area contributed by atoms with E-state index in [4.69, 9.17) is 9.47 Å². The molecular formula is C27H48N2O5. The summed E-state index contributed by atoms with van der Waals surface area (Å²) in [6, 6.07) is 0. The van der Waals surface area contributed by atoms with Crippen LogP contribution in [0.2, 0.25) is 0 Å². The number of amides is 3. The van der Waals surface area contributed by atoms with Gasteiger partial charge in [0.05, 0.1) is 5.54 Å². The predicted octanol–water partition coefficient (Wildman–Crippen LogP) is 6.70. The highest BCUT2D eigenvalue weighted by molar-refractivity contribution is 5.89. The van der Waals surface area contributed by atoms with E-state index in [1.165, 1.54) is 6.42 Å². The summed E-state index contributed by atoms with van der Waals surface area (Å²) in [6.07, 6.45) is 7.73. The number of likely N-dealkylation sites (tertiary alicyclic amines) is 1. The zero-order valence-electron chi connectivity index (χ0n) is 23.2. The number of rotatable bonds is 7. The quantitative estimate of drug-likeness (QED) is 0.379. The van der Waals surface area contributed by atoms with Gasteiger partial charge in [0.1, 0.15) is 11.2 Å². The molecule has 0 spiro atoms. The van der Waals surface area contributed by atoms with E-state index in [9.17, 15) is 14.4 Å². The first kappa shape index (κ1) is 30.0. The van der Waals surface area contributed by atoms with Crippen molar-refractivity contribution in [2.45, 2.75) is 125 Å². The van der Waals surface area contributed by atoms with Crippen LogP contribution < -0.4 is 0 Å². The van der Waals surface area contributed by atoms with Crippen molar-refractivity contribution in [3.05, 3.63) is 12.2 Å². The largest absolute Gasteiger partial charge is 0.443 e. The van der Waals surface area contributed by atoms with Crippen LogP contribution in [0.5, 0.6) is 0 Å². The van der Waals surface area contributed by atoms with Crippen molar-refractivity contribution in [3.8, 4) is 0 Å². The molecule has 1 heterocycles. The Morgan fingerprint density at radius 1 is 0.765 bits per heavy atom. The highest BCUT2D eigenvalue weighted by Crippen LogP contribution is 2.31. The van der Waals surface area contributed by atoms with Gasteiger partial charge < -0.3 is 14.4 Å². The number of nitrogens with zero attached hydrogens (tertiary/aromatic N) is 2. The molecule has 1 aliphatic rings. The van der Waals surface area contributed by atoms with Crippen LogP contribution in [0.25, 0.3) is 0 Å². The van der Waals surface area contributed by atoms with Gasteiger partial charge in [-0.3, -0.25) is 4.79 Å². The molecule has 0 aromatic heterocycles. The van der Waals surface area contributed by atoms with Crippen molar-refractivity contribution in [1.29, 1.82) is 0 Å². The Hall–Kier alpha value is -2.05. The van der Waals surface area contributed by atoms with Crippen LogP contribution in [0, 0.1) is 5.41 Å². The summed E-state index contributed by atoms with van der Waals surface area (Å²) >= 11 is 0. The van der Waals surface area contributed by atoms with Crippen molar-refractivity contribution in [1.82, 2.24) is 9.80 Å². The minimum absolute atomic E-state index is 0.0779. The topological polar surface area (TPSA) is 76.2 Å². The smallest absolute Gasteiger partial charge is 0.420 e. The van der Waals surface area contributed by atoms with Crippen molar-refractivity contribution in [3.63, 3.8) is 0 Å². The lowest BCUT2D eigenvalue weighted by Gasteiger charge is -2.38. The maximum absolute atomic E-state index is 13.0. The summed E-state index contributed by atoms with van der Waals surface area (Å²) < 4.78 is 11.0. The summed E-state index contributed by atoms with van der Waals surface area (Å²) in [5.74, 6) is 0.0779. The number of carbonyl (C=O) groups is 3. The van der Waals surface area contributed by atoms with E-state index in [1.54, 1.807) is 47.6 Å². The van der Waals surface area contributed by atoms with Crippen LogP contribution in [0.4, 0.5) is 9.59 Å². The van der Waals surface area contributed by atoms with E-state index >= 15 is 0 Å². The molecule has 196 valence electrons. The maximum Gasteiger partial charge on any atom is 0.420 e. The first-order valence-electron chi connectivity index (χ1n) is 12.6. The second-order valence-electron chi connectivity index (χ2n) is 12.7. The Kier molecular flexibility index (Phi) is 10.2. The number of carbonyl (C=O) groups excluding carboxylic acids is 3. The molecule has 0 aromatic carbocycles. The molecule has 3 amide bonds. The Bertz CT molecular complexity index is 707. The molecule has 0 saturated carbocycles. The van der Waals surface area contributed by atoms with Gasteiger partial charge in [0.25, 0.3) is 0 Å². The van der Waals surface area contributed by atoms with Crippen LogP contribution in [-0.4, -0.2) is 57.7 Å². The Morgan fingerprint density at radius 3 is 1.68 bits per heavy atom. The molecule has 34 heavy (non-hydrogen) atoms. The van der Waals surface area contributed by atoms with Gasteiger partial charge in [-0.15, -0.1) is 0 Å². The fourth-order valence-electron chi connectivity index (χ4n) is 3.87. The summed E-state index contributed by atoms with van der Waals surface area (Å²) in [5.41, 5.74) is -2.47. The van der Waals surface area contributed by atoms with Gasteiger partial charge >= 0.3 is 12.2 Å². The Morgan fingerprint density at radius 2 is 1.24 bits per heavy atom. The molecule has 1 rings (SSSR count). The van der Waals surface area contributed by atoms with E-state index in [-0.39, 0.29) is 11.3 Å². The van der Waals surface area contributed by atoms with Gasteiger partial charge in [-0.1, -0.05) is 26.3 Å². The van der Waals surface area contributed by atoms with Gasteiger partial charge in [-0.05, 0) is 99.0 Å². The number of piperidine rings is 1. The minimum atomic E-state index is -0.811.